The highest BCUT2D eigenvalue weighted by atomic mass is 15.1. The summed E-state index contributed by atoms with van der Waals surface area (Å²) in [5.74, 6) is 0. The summed E-state index contributed by atoms with van der Waals surface area (Å²) in [5.41, 5.74) is 2.51. The van der Waals surface area contributed by atoms with Crippen molar-refractivity contribution in [2.75, 3.05) is 25.0 Å². The van der Waals surface area contributed by atoms with E-state index in [0.717, 1.165) is 19.5 Å². The molecule has 3 heteroatoms. The minimum atomic E-state index is 0.353. The first-order chi connectivity index (χ1) is 9.77. The maximum Gasteiger partial charge on any atom is 0.0363 e. The fraction of sp³-hybridized carbons (Fsp3) is 0.353. The van der Waals surface area contributed by atoms with Crippen LogP contribution in [0.1, 0.15) is 24.9 Å². The van der Waals surface area contributed by atoms with Crippen LogP contribution in [-0.2, 0) is 0 Å². The third-order valence-corrected chi connectivity index (χ3v) is 3.50. The number of hydrogen-bond donors (Lipinski definition) is 1. The summed E-state index contributed by atoms with van der Waals surface area (Å²) in [7, 11) is 2.14. The predicted octanol–water partition coefficient (Wildman–Crippen LogP) is 3.26. The van der Waals surface area contributed by atoms with Gasteiger partial charge in [-0.2, -0.15) is 0 Å². The van der Waals surface area contributed by atoms with Gasteiger partial charge >= 0.3 is 0 Å². The predicted molar refractivity (Wildman–Crippen MR) is 85.0 cm³/mol. The fourth-order valence-corrected chi connectivity index (χ4v) is 2.20. The van der Waals surface area contributed by atoms with E-state index in [9.17, 15) is 0 Å². The van der Waals surface area contributed by atoms with E-state index in [-0.39, 0.29) is 0 Å². The van der Waals surface area contributed by atoms with Crippen LogP contribution < -0.4 is 10.2 Å². The average Bonchev–Trinajstić information content (AvgIpc) is 2.53. The summed E-state index contributed by atoms with van der Waals surface area (Å²) in [5, 5.41) is 3.54. The molecule has 0 amide bonds. The first kappa shape index (κ1) is 14.5. The zero-order chi connectivity index (χ0) is 14.2. The molecule has 3 nitrogen and oxygen atoms in total. The first-order valence-corrected chi connectivity index (χ1v) is 7.17. The molecule has 1 atom stereocenters. The van der Waals surface area contributed by atoms with Crippen LogP contribution in [-0.4, -0.2) is 25.1 Å². The molecule has 0 saturated heterocycles. The van der Waals surface area contributed by atoms with Gasteiger partial charge in [-0.3, -0.25) is 4.98 Å². The van der Waals surface area contributed by atoms with Gasteiger partial charge in [-0.15, -0.1) is 0 Å². The molecule has 1 N–H and O–H groups in total. The second-order valence-electron chi connectivity index (χ2n) is 5.07. The van der Waals surface area contributed by atoms with Crippen LogP contribution in [0.4, 0.5) is 5.69 Å². The van der Waals surface area contributed by atoms with E-state index >= 15 is 0 Å². The molecular formula is C17H23N3. The van der Waals surface area contributed by atoms with E-state index in [1.807, 2.05) is 18.5 Å². The van der Waals surface area contributed by atoms with Crippen molar-refractivity contribution in [1.82, 2.24) is 10.3 Å². The van der Waals surface area contributed by atoms with Crippen LogP contribution in [0.2, 0.25) is 0 Å². The Bertz CT molecular complexity index is 437. The molecule has 20 heavy (non-hydrogen) atoms. The highest BCUT2D eigenvalue weighted by Crippen LogP contribution is 2.12. The molecule has 0 radical (unpaired) electrons. The topological polar surface area (TPSA) is 28.2 Å². The Labute approximate surface area is 121 Å². The molecule has 2 rings (SSSR count). The van der Waals surface area contributed by atoms with Gasteiger partial charge in [0.15, 0.2) is 0 Å². The number of benzene rings is 1. The van der Waals surface area contributed by atoms with Gasteiger partial charge in [-0.05, 0) is 43.7 Å². The zero-order valence-electron chi connectivity index (χ0n) is 12.3. The average molecular weight is 269 g/mol. The molecule has 1 heterocycles. The normalized spacial score (nSPS) is 12.1. The largest absolute Gasteiger partial charge is 0.375 e. The summed E-state index contributed by atoms with van der Waals surface area (Å²) in [6.45, 7) is 4.24. The minimum Gasteiger partial charge on any atom is -0.375 e. The monoisotopic (exact) mass is 269 g/mol. The van der Waals surface area contributed by atoms with Gasteiger partial charge in [0.05, 0.1) is 0 Å². The van der Waals surface area contributed by atoms with Gasteiger partial charge in [-0.25, -0.2) is 0 Å². The Morgan fingerprint density at radius 1 is 1.15 bits per heavy atom. The van der Waals surface area contributed by atoms with Crippen LogP contribution in [0.15, 0.2) is 54.9 Å². The standard InChI is InChI=1S/C17H23N3/c1-15(16-8-6-11-18-14-16)19-12-7-13-20(2)17-9-4-3-5-10-17/h3-6,8-11,14-15,19H,7,12-13H2,1-2H3. The molecule has 1 aromatic heterocycles. The van der Waals surface area contributed by atoms with Gasteiger partial charge in [-0.1, -0.05) is 24.3 Å². The Kier molecular flexibility index (Phi) is 5.56. The number of anilines is 1. The molecule has 0 bridgehead atoms. The van der Waals surface area contributed by atoms with Crippen molar-refractivity contribution in [1.29, 1.82) is 0 Å². The van der Waals surface area contributed by atoms with E-state index < -0.39 is 0 Å². The third kappa shape index (κ3) is 4.35. The highest BCUT2D eigenvalue weighted by Gasteiger charge is 2.04. The lowest BCUT2D eigenvalue weighted by Crippen LogP contribution is -2.25. The van der Waals surface area contributed by atoms with Crippen molar-refractivity contribution in [2.24, 2.45) is 0 Å². The summed E-state index contributed by atoms with van der Waals surface area (Å²) in [4.78, 5) is 6.44. The maximum atomic E-state index is 4.15. The second kappa shape index (κ2) is 7.65. The van der Waals surface area contributed by atoms with Gasteiger partial charge in [0.1, 0.15) is 0 Å². The summed E-state index contributed by atoms with van der Waals surface area (Å²) >= 11 is 0. The Morgan fingerprint density at radius 2 is 1.95 bits per heavy atom. The Hall–Kier alpha value is -1.87. The SMILES string of the molecule is CC(NCCCN(C)c1ccccc1)c1cccnc1. The zero-order valence-corrected chi connectivity index (χ0v) is 12.3. The molecule has 0 aliphatic carbocycles. The molecule has 106 valence electrons. The van der Waals surface area contributed by atoms with E-state index in [2.05, 4.69) is 65.6 Å². The third-order valence-electron chi connectivity index (χ3n) is 3.50. The second-order valence-corrected chi connectivity index (χ2v) is 5.07. The van der Waals surface area contributed by atoms with Crippen molar-refractivity contribution in [3.8, 4) is 0 Å². The van der Waals surface area contributed by atoms with Crippen LogP contribution in [0.25, 0.3) is 0 Å². The number of nitrogens with zero attached hydrogens (tertiary/aromatic N) is 2. The number of nitrogens with one attached hydrogen (secondary N) is 1. The minimum absolute atomic E-state index is 0.353. The molecule has 0 fully saturated rings. The number of pyridine rings is 1. The van der Waals surface area contributed by atoms with Gasteiger partial charge in [0.25, 0.3) is 0 Å². The summed E-state index contributed by atoms with van der Waals surface area (Å²) < 4.78 is 0. The lowest BCUT2D eigenvalue weighted by Gasteiger charge is -2.20. The molecule has 0 spiro atoms. The van der Waals surface area contributed by atoms with Gasteiger partial charge < -0.3 is 10.2 Å². The highest BCUT2D eigenvalue weighted by molar-refractivity contribution is 5.44. The van der Waals surface area contributed by atoms with Crippen molar-refractivity contribution < 1.29 is 0 Å². The molecule has 0 aliphatic heterocycles. The molecule has 0 aliphatic rings. The maximum absolute atomic E-state index is 4.15. The quantitative estimate of drug-likeness (QED) is 0.782. The fourth-order valence-electron chi connectivity index (χ4n) is 2.20. The number of rotatable bonds is 7. The van der Waals surface area contributed by atoms with Crippen molar-refractivity contribution in [3.05, 3.63) is 60.4 Å². The van der Waals surface area contributed by atoms with Crippen LogP contribution in [0.5, 0.6) is 0 Å². The lowest BCUT2D eigenvalue weighted by molar-refractivity contribution is 0.557. The van der Waals surface area contributed by atoms with Gasteiger partial charge in [0, 0.05) is 37.7 Å². The van der Waals surface area contributed by atoms with E-state index in [1.54, 1.807) is 0 Å². The van der Waals surface area contributed by atoms with Crippen molar-refractivity contribution in [2.45, 2.75) is 19.4 Å². The molecule has 1 aromatic carbocycles. The number of hydrogen-bond acceptors (Lipinski definition) is 3. The van der Waals surface area contributed by atoms with E-state index in [1.165, 1.54) is 11.3 Å². The van der Waals surface area contributed by atoms with Crippen LogP contribution in [0, 0.1) is 0 Å². The van der Waals surface area contributed by atoms with Crippen molar-refractivity contribution >= 4 is 5.69 Å². The Morgan fingerprint density at radius 3 is 2.65 bits per heavy atom. The Balaban J connectivity index is 1.69. The van der Waals surface area contributed by atoms with Crippen LogP contribution in [0.3, 0.4) is 0 Å². The molecule has 2 aromatic rings. The van der Waals surface area contributed by atoms with E-state index in [0.29, 0.717) is 6.04 Å². The molecule has 1 unspecified atom stereocenters. The molecule has 0 saturated carbocycles. The van der Waals surface area contributed by atoms with E-state index in [4.69, 9.17) is 0 Å². The first-order valence-electron chi connectivity index (χ1n) is 7.17. The van der Waals surface area contributed by atoms with Crippen molar-refractivity contribution in [3.63, 3.8) is 0 Å². The summed E-state index contributed by atoms with van der Waals surface area (Å²) in [6.07, 6.45) is 4.86. The number of aromatic nitrogens is 1. The number of para-hydroxylation sites is 1. The lowest BCUT2D eigenvalue weighted by atomic mass is 10.1. The molecular weight excluding hydrogens is 246 g/mol. The summed E-state index contributed by atoms with van der Waals surface area (Å²) in [6, 6.07) is 14.9. The van der Waals surface area contributed by atoms with Gasteiger partial charge in [0.2, 0.25) is 0 Å². The van der Waals surface area contributed by atoms with Crippen LogP contribution >= 0.6 is 0 Å². The smallest absolute Gasteiger partial charge is 0.0363 e.